The summed E-state index contributed by atoms with van der Waals surface area (Å²) in [6.07, 6.45) is 0.385. The van der Waals surface area contributed by atoms with E-state index in [2.05, 4.69) is 17.3 Å². The van der Waals surface area contributed by atoms with Crippen LogP contribution in [-0.4, -0.2) is 56.8 Å². The molecule has 1 heterocycles. The number of likely N-dealkylation sites (N-methyl/N-ethyl adjacent to an activating group) is 1. The molecular weight excluding hydrogens is 292 g/mol. The number of amides is 1. The predicted octanol–water partition coefficient (Wildman–Crippen LogP) is 1.56. The highest BCUT2D eigenvalue weighted by molar-refractivity contribution is 6.30. The molecule has 1 fully saturated rings. The fourth-order valence-electron chi connectivity index (χ4n) is 2.12. The van der Waals surface area contributed by atoms with Gasteiger partial charge in [0.05, 0.1) is 25.7 Å². The van der Waals surface area contributed by atoms with E-state index in [1.807, 2.05) is 12.1 Å². The Hall–Kier alpha value is -1.30. The molecule has 1 aromatic carbocycles. The Morgan fingerprint density at radius 1 is 1.57 bits per heavy atom. The molecule has 0 aromatic heterocycles. The zero-order valence-electron chi connectivity index (χ0n) is 12.2. The molecule has 116 valence electrons. The number of hydrogen-bond acceptors (Lipinski definition) is 4. The van der Waals surface area contributed by atoms with Gasteiger partial charge in [0.15, 0.2) is 0 Å². The molecule has 2 rings (SSSR count). The largest absolute Gasteiger partial charge is 0.493 e. The zero-order valence-corrected chi connectivity index (χ0v) is 12.9. The third-order valence-electron chi connectivity index (χ3n) is 3.26. The average Bonchev–Trinajstić information content (AvgIpc) is 2.45. The maximum atomic E-state index is 11.7. The third kappa shape index (κ3) is 5.91. The van der Waals surface area contributed by atoms with Crippen LogP contribution in [0.25, 0.3) is 0 Å². The van der Waals surface area contributed by atoms with Crippen molar-refractivity contribution in [2.45, 2.75) is 12.5 Å². The molecule has 0 aliphatic carbocycles. The van der Waals surface area contributed by atoms with Gasteiger partial charge in [-0.3, -0.25) is 4.79 Å². The lowest BCUT2D eigenvalue weighted by atomic mass is 10.2. The Labute approximate surface area is 130 Å². The van der Waals surface area contributed by atoms with Crippen molar-refractivity contribution in [2.24, 2.45) is 0 Å². The van der Waals surface area contributed by atoms with Crippen LogP contribution in [0.2, 0.25) is 5.02 Å². The number of nitrogens with one attached hydrogen (secondary N) is 1. The molecule has 0 bridgehead atoms. The highest BCUT2D eigenvalue weighted by Crippen LogP contribution is 2.17. The van der Waals surface area contributed by atoms with Gasteiger partial charge in [0.25, 0.3) is 0 Å². The van der Waals surface area contributed by atoms with Crippen LogP contribution in [0.5, 0.6) is 5.75 Å². The highest BCUT2D eigenvalue weighted by Gasteiger charge is 2.18. The number of hydrogen-bond donors (Lipinski definition) is 1. The zero-order chi connectivity index (χ0) is 15.1. The molecule has 1 amide bonds. The number of nitrogens with zero attached hydrogens (tertiary/aromatic N) is 1. The summed E-state index contributed by atoms with van der Waals surface area (Å²) in [6, 6.07) is 7.14. The average molecular weight is 313 g/mol. The summed E-state index contributed by atoms with van der Waals surface area (Å²) >= 11 is 5.86. The van der Waals surface area contributed by atoms with Gasteiger partial charge < -0.3 is 19.7 Å². The highest BCUT2D eigenvalue weighted by atomic mass is 35.5. The van der Waals surface area contributed by atoms with Gasteiger partial charge in [-0.15, -0.1) is 0 Å². The van der Waals surface area contributed by atoms with Gasteiger partial charge in [-0.25, -0.2) is 0 Å². The van der Waals surface area contributed by atoms with E-state index in [9.17, 15) is 4.79 Å². The van der Waals surface area contributed by atoms with Crippen molar-refractivity contribution in [3.63, 3.8) is 0 Å². The molecular formula is C15H21ClN2O3. The summed E-state index contributed by atoms with van der Waals surface area (Å²) in [5.41, 5.74) is 0. The summed E-state index contributed by atoms with van der Waals surface area (Å²) in [6.45, 7) is 3.38. The van der Waals surface area contributed by atoms with E-state index in [4.69, 9.17) is 21.1 Å². The molecule has 1 aromatic rings. The summed E-state index contributed by atoms with van der Waals surface area (Å²) < 4.78 is 11.1. The normalized spacial score (nSPS) is 19.2. The van der Waals surface area contributed by atoms with Gasteiger partial charge in [-0.2, -0.15) is 0 Å². The molecule has 1 atom stereocenters. The van der Waals surface area contributed by atoms with E-state index < -0.39 is 0 Å². The predicted molar refractivity (Wildman–Crippen MR) is 81.8 cm³/mol. The topological polar surface area (TPSA) is 50.8 Å². The summed E-state index contributed by atoms with van der Waals surface area (Å²) in [7, 11) is 2.05. The van der Waals surface area contributed by atoms with Crippen molar-refractivity contribution in [3.05, 3.63) is 29.3 Å². The van der Waals surface area contributed by atoms with Crippen LogP contribution in [0.1, 0.15) is 6.42 Å². The van der Waals surface area contributed by atoms with Gasteiger partial charge in [0.1, 0.15) is 5.75 Å². The Morgan fingerprint density at radius 2 is 2.43 bits per heavy atom. The van der Waals surface area contributed by atoms with Crippen LogP contribution in [0.3, 0.4) is 0 Å². The van der Waals surface area contributed by atoms with E-state index in [1.165, 1.54) is 0 Å². The van der Waals surface area contributed by atoms with Gasteiger partial charge in [0.2, 0.25) is 5.91 Å². The number of rotatable bonds is 6. The van der Waals surface area contributed by atoms with Gasteiger partial charge in [-0.1, -0.05) is 17.7 Å². The fraction of sp³-hybridized carbons (Fsp3) is 0.533. The summed E-state index contributed by atoms with van der Waals surface area (Å²) in [5.74, 6) is 0.640. The van der Waals surface area contributed by atoms with Gasteiger partial charge in [-0.05, 0) is 25.2 Å². The molecule has 6 heteroatoms. The SMILES string of the molecule is CN1CCO[C@H](CNC(=O)CCOc2cccc(Cl)c2)C1. The Morgan fingerprint density at radius 3 is 3.19 bits per heavy atom. The Kier molecular flexibility index (Phi) is 6.29. The Balaban J connectivity index is 1.61. The molecule has 1 aliphatic rings. The minimum Gasteiger partial charge on any atom is -0.493 e. The monoisotopic (exact) mass is 312 g/mol. The second-order valence-electron chi connectivity index (χ2n) is 5.11. The van der Waals surface area contributed by atoms with Crippen molar-refractivity contribution in [1.82, 2.24) is 10.2 Å². The van der Waals surface area contributed by atoms with Crippen LogP contribution in [-0.2, 0) is 9.53 Å². The first-order valence-electron chi connectivity index (χ1n) is 7.08. The molecule has 5 nitrogen and oxygen atoms in total. The van der Waals surface area contributed by atoms with Crippen molar-refractivity contribution in [2.75, 3.05) is 39.9 Å². The number of carbonyl (C=O) groups excluding carboxylic acids is 1. The van der Waals surface area contributed by atoms with Crippen LogP contribution >= 0.6 is 11.6 Å². The standard InChI is InChI=1S/C15H21ClN2O3/c1-18-6-8-21-14(11-18)10-17-15(19)5-7-20-13-4-2-3-12(16)9-13/h2-4,9,14H,5-8,10-11H2,1H3,(H,17,19)/t14-/m1/s1. The Bertz CT molecular complexity index is 470. The molecule has 1 N–H and O–H groups in total. The van der Waals surface area contributed by atoms with E-state index in [-0.39, 0.29) is 12.0 Å². The molecule has 0 radical (unpaired) electrons. The lowest BCUT2D eigenvalue weighted by molar-refractivity contribution is -0.122. The van der Waals surface area contributed by atoms with Crippen molar-refractivity contribution < 1.29 is 14.3 Å². The molecule has 0 unspecified atom stereocenters. The van der Waals surface area contributed by atoms with Crippen LogP contribution in [0.15, 0.2) is 24.3 Å². The van der Waals surface area contributed by atoms with E-state index >= 15 is 0 Å². The van der Waals surface area contributed by atoms with Crippen molar-refractivity contribution in [3.8, 4) is 5.75 Å². The number of carbonyl (C=O) groups is 1. The van der Waals surface area contributed by atoms with Crippen LogP contribution in [0, 0.1) is 0 Å². The minimum atomic E-state index is -0.0335. The molecule has 21 heavy (non-hydrogen) atoms. The first-order chi connectivity index (χ1) is 10.1. The summed E-state index contributed by atoms with van der Waals surface area (Å²) in [5, 5.41) is 3.49. The van der Waals surface area contributed by atoms with E-state index in [0.717, 1.165) is 19.7 Å². The van der Waals surface area contributed by atoms with Crippen LogP contribution in [0.4, 0.5) is 0 Å². The third-order valence-corrected chi connectivity index (χ3v) is 3.50. The lowest BCUT2D eigenvalue weighted by Gasteiger charge is -2.30. The van der Waals surface area contributed by atoms with E-state index in [0.29, 0.717) is 30.3 Å². The minimum absolute atomic E-state index is 0.0335. The molecule has 0 saturated carbocycles. The smallest absolute Gasteiger partial charge is 0.223 e. The van der Waals surface area contributed by atoms with E-state index in [1.54, 1.807) is 12.1 Å². The second-order valence-corrected chi connectivity index (χ2v) is 5.55. The molecule has 1 saturated heterocycles. The van der Waals surface area contributed by atoms with Gasteiger partial charge in [0, 0.05) is 24.7 Å². The fourth-order valence-corrected chi connectivity index (χ4v) is 2.31. The molecule has 0 spiro atoms. The first kappa shape index (κ1) is 16.1. The maximum Gasteiger partial charge on any atom is 0.223 e. The first-order valence-corrected chi connectivity index (χ1v) is 7.46. The van der Waals surface area contributed by atoms with Crippen LogP contribution < -0.4 is 10.1 Å². The quantitative estimate of drug-likeness (QED) is 0.866. The summed E-state index contributed by atoms with van der Waals surface area (Å²) in [4.78, 5) is 13.9. The maximum absolute atomic E-state index is 11.7. The molecule has 1 aliphatic heterocycles. The van der Waals surface area contributed by atoms with Gasteiger partial charge >= 0.3 is 0 Å². The second kappa shape index (κ2) is 8.22. The lowest BCUT2D eigenvalue weighted by Crippen LogP contribution is -2.46. The number of benzene rings is 1. The van der Waals surface area contributed by atoms with Crippen molar-refractivity contribution in [1.29, 1.82) is 0 Å². The number of ether oxygens (including phenoxy) is 2. The number of halogens is 1. The van der Waals surface area contributed by atoms with Crippen molar-refractivity contribution >= 4 is 17.5 Å². The number of morpholine rings is 1.